The molecular weight excluding hydrogens is 260 g/mol. The number of fused-ring (bicyclic) bond motifs is 4. The van der Waals surface area contributed by atoms with Crippen LogP contribution in [0.3, 0.4) is 0 Å². The largest absolute Gasteiger partial charge is 0.283 e. The van der Waals surface area contributed by atoms with Crippen LogP contribution in [0.25, 0.3) is 21.5 Å². The summed E-state index contributed by atoms with van der Waals surface area (Å²) in [4.78, 5) is 17.7. The zero-order valence-electron chi connectivity index (χ0n) is 11.2. The van der Waals surface area contributed by atoms with Crippen molar-refractivity contribution in [1.82, 2.24) is 4.57 Å². The minimum atomic E-state index is 0.0149. The van der Waals surface area contributed by atoms with Gasteiger partial charge in [-0.3, -0.25) is 14.4 Å². The summed E-state index contributed by atoms with van der Waals surface area (Å²) in [5, 5.41) is 3.98. The molecule has 21 heavy (non-hydrogen) atoms. The lowest BCUT2D eigenvalue weighted by Gasteiger charge is -2.17. The second-order valence-electron chi connectivity index (χ2n) is 5.59. The highest BCUT2D eigenvalue weighted by molar-refractivity contribution is 6.09. The Bertz CT molecular complexity index is 1070. The summed E-state index contributed by atoms with van der Waals surface area (Å²) in [7, 11) is 0. The minimum Gasteiger partial charge on any atom is -0.283 e. The molecule has 0 saturated heterocycles. The van der Waals surface area contributed by atoms with Crippen LogP contribution in [0, 0.1) is 0 Å². The van der Waals surface area contributed by atoms with E-state index in [2.05, 4.69) is 18.2 Å². The highest BCUT2D eigenvalue weighted by atomic mass is 16.1. The first-order valence-electron chi connectivity index (χ1n) is 7.13. The summed E-state index contributed by atoms with van der Waals surface area (Å²) in [6.07, 6.45) is 8.12. The van der Waals surface area contributed by atoms with E-state index in [9.17, 15) is 4.79 Å². The monoisotopic (exact) mass is 272 g/mol. The summed E-state index contributed by atoms with van der Waals surface area (Å²) in [5.41, 5.74) is 0.876. The molecule has 0 amide bonds. The third kappa shape index (κ3) is 1.28. The van der Waals surface area contributed by atoms with Gasteiger partial charge in [0.2, 0.25) is 0 Å². The van der Waals surface area contributed by atoms with Gasteiger partial charge in [0.25, 0.3) is 5.56 Å². The Hall–Kier alpha value is -2.68. The fraction of sp³-hybridized carbons (Fsp3) is 0.111. The third-order valence-electron chi connectivity index (χ3n) is 4.47. The standard InChI is InChI=1S/C18H12N2O/c21-18-13-8-4-6-11-5-3-7-12(16(11)13)17-19-14-9-1-2-10-15(14)20(17)18/h1-10,14-15H. The molecule has 0 bridgehead atoms. The Balaban J connectivity index is 2.08. The van der Waals surface area contributed by atoms with Crippen molar-refractivity contribution in [3.63, 3.8) is 0 Å². The molecule has 3 aromatic rings. The normalized spacial score (nSPS) is 22.5. The topological polar surface area (TPSA) is 34.4 Å². The van der Waals surface area contributed by atoms with Crippen molar-refractivity contribution in [3.8, 4) is 0 Å². The Labute approximate surface area is 120 Å². The molecule has 0 N–H and O–H groups in total. The van der Waals surface area contributed by atoms with Crippen LogP contribution in [0.5, 0.6) is 0 Å². The molecule has 2 aromatic carbocycles. The lowest BCUT2D eigenvalue weighted by molar-refractivity contribution is 0.577. The fourth-order valence-corrected chi connectivity index (χ4v) is 3.55. The predicted octanol–water partition coefficient (Wildman–Crippen LogP) is 2.54. The van der Waals surface area contributed by atoms with E-state index < -0.39 is 0 Å². The molecule has 0 saturated carbocycles. The van der Waals surface area contributed by atoms with Crippen molar-refractivity contribution in [1.29, 1.82) is 0 Å². The average molecular weight is 272 g/mol. The highest BCUT2D eigenvalue weighted by Crippen LogP contribution is 2.27. The minimum absolute atomic E-state index is 0.0149. The van der Waals surface area contributed by atoms with Crippen LogP contribution in [0.1, 0.15) is 6.04 Å². The molecule has 2 unspecified atom stereocenters. The summed E-state index contributed by atoms with van der Waals surface area (Å²) in [6, 6.07) is 12.1. The van der Waals surface area contributed by atoms with E-state index in [0.29, 0.717) is 0 Å². The first kappa shape index (κ1) is 11.0. The van der Waals surface area contributed by atoms with Crippen molar-refractivity contribution >= 4 is 21.5 Å². The van der Waals surface area contributed by atoms with Gasteiger partial charge in [-0.15, -0.1) is 0 Å². The number of allylic oxidation sites excluding steroid dienone is 2. The van der Waals surface area contributed by atoms with Gasteiger partial charge < -0.3 is 0 Å². The van der Waals surface area contributed by atoms with Gasteiger partial charge in [-0.2, -0.15) is 0 Å². The quantitative estimate of drug-likeness (QED) is 0.619. The summed E-state index contributed by atoms with van der Waals surface area (Å²) in [5.74, 6) is 0. The molecule has 3 nitrogen and oxygen atoms in total. The zero-order chi connectivity index (χ0) is 14.0. The van der Waals surface area contributed by atoms with Gasteiger partial charge in [0.1, 0.15) is 5.49 Å². The fourth-order valence-electron chi connectivity index (χ4n) is 3.55. The van der Waals surface area contributed by atoms with Gasteiger partial charge in [-0.25, -0.2) is 0 Å². The van der Waals surface area contributed by atoms with E-state index in [1.54, 1.807) is 0 Å². The molecule has 0 fully saturated rings. The average Bonchev–Trinajstić information content (AvgIpc) is 2.92. The van der Waals surface area contributed by atoms with E-state index in [0.717, 1.165) is 27.0 Å². The number of pyridine rings is 1. The number of aromatic nitrogens is 1. The number of rotatable bonds is 0. The molecule has 0 radical (unpaired) electrons. The molecule has 100 valence electrons. The Morgan fingerprint density at radius 1 is 0.952 bits per heavy atom. The summed E-state index contributed by atoms with van der Waals surface area (Å²) in [6.45, 7) is 0. The molecule has 2 atom stereocenters. The van der Waals surface area contributed by atoms with E-state index in [4.69, 9.17) is 4.99 Å². The van der Waals surface area contributed by atoms with Gasteiger partial charge in [0.05, 0.1) is 12.1 Å². The predicted molar refractivity (Wildman–Crippen MR) is 83.6 cm³/mol. The van der Waals surface area contributed by atoms with Crippen LogP contribution >= 0.6 is 0 Å². The third-order valence-corrected chi connectivity index (χ3v) is 4.47. The lowest BCUT2D eigenvalue weighted by Crippen LogP contribution is -2.34. The smallest absolute Gasteiger partial charge is 0.260 e. The van der Waals surface area contributed by atoms with Gasteiger partial charge in [0.15, 0.2) is 0 Å². The molecule has 1 aliphatic carbocycles. The highest BCUT2D eigenvalue weighted by Gasteiger charge is 2.29. The van der Waals surface area contributed by atoms with Gasteiger partial charge in [0, 0.05) is 16.2 Å². The number of hydrogen-bond acceptors (Lipinski definition) is 2. The van der Waals surface area contributed by atoms with Crippen LogP contribution in [0.2, 0.25) is 0 Å². The molecule has 1 aliphatic heterocycles. The molecule has 1 aromatic heterocycles. The zero-order valence-corrected chi connectivity index (χ0v) is 11.2. The lowest BCUT2D eigenvalue weighted by atomic mass is 10.0. The molecule has 5 rings (SSSR count). The Kier molecular flexibility index (Phi) is 1.94. The van der Waals surface area contributed by atoms with E-state index in [-0.39, 0.29) is 17.6 Å². The molecule has 2 heterocycles. The van der Waals surface area contributed by atoms with Gasteiger partial charge in [-0.1, -0.05) is 54.6 Å². The number of nitrogens with zero attached hydrogens (tertiary/aromatic N) is 2. The van der Waals surface area contributed by atoms with Crippen molar-refractivity contribution in [2.45, 2.75) is 12.1 Å². The van der Waals surface area contributed by atoms with E-state index in [1.807, 2.05) is 47.1 Å². The van der Waals surface area contributed by atoms with Crippen LogP contribution in [0.15, 0.2) is 70.5 Å². The molecule has 3 heteroatoms. The first-order chi connectivity index (χ1) is 10.3. The maximum absolute atomic E-state index is 12.9. The summed E-state index contributed by atoms with van der Waals surface area (Å²) >= 11 is 0. The maximum atomic E-state index is 12.9. The van der Waals surface area contributed by atoms with Crippen LogP contribution in [0.4, 0.5) is 0 Å². The van der Waals surface area contributed by atoms with Gasteiger partial charge >= 0.3 is 0 Å². The van der Waals surface area contributed by atoms with Crippen molar-refractivity contribution < 1.29 is 0 Å². The van der Waals surface area contributed by atoms with Crippen molar-refractivity contribution in [3.05, 3.63) is 76.5 Å². The van der Waals surface area contributed by atoms with Crippen LogP contribution < -0.4 is 11.0 Å². The SMILES string of the molecule is O=c1c2cccc3cccc(c4n1C1C=CC=CC1N=4)c32. The Morgan fingerprint density at radius 3 is 2.57 bits per heavy atom. The second-order valence-corrected chi connectivity index (χ2v) is 5.59. The van der Waals surface area contributed by atoms with Crippen molar-refractivity contribution in [2.75, 3.05) is 0 Å². The second kappa shape index (κ2) is 3.70. The van der Waals surface area contributed by atoms with Crippen LogP contribution in [-0.4, -0.2) is 10.6 Å². The molecular formula is C18H12N2O. The van der Waals surface area contributed by atoms with E-state index >= 15 is 0 Å². The number of hydrogen-bond donors (Lipinski definition) is 0. The Morgan fingerprint density at radius 2 is 1.71 bits per heavy atom. The molecule has 0 spiro atoms. The summed E-state index contributed by atoms with van der Waals surface area (Å²) < 4.78 is 1.85. The molecule has 2 aliphatic rings. The van der Waals surface area contributed by atoms with Crippen molar-refractivity contribution in [2.24, 2.45) is 4.99 Å². The van der Waals surface area contributed by atoms with Gasteiger partial charge in [-0.05, 0) is 11.5 Å². The number of benzene rings is 2. The van der Waals surface area contributed by atoms with Crippen LogP contribution in [-0.2, 0) is 0 Å². The first-order valence-corrected chi connectivity index (χ1v) is 7.13. The van der Waals surface area contributed by atoms with E-state index in [1.165, 1.54) is 0 Å². The maximum Gasteiger partial charge on any atom is 0.260 e.